The molecule has 0 saturated carbocycles. The summed E-state index contributed by atoms with van der Waals surface area (Å²) in [5, 5.41) is 0. The second-order valence-electron chi connectivity index (χ2n) is 19.6. The molecule has 0 aromatic heterocycles. The summed E-state index contributed by atoms with van der Waals surface area (Å²) >= 11 is 0. The highest BCUT2D eigenvalue weighted by Crippen LogP contribution is 2.38. The Hall–Kier alpha value is -1.54. The highest BCUT2D eigenvalue weighted by atomic mass is 31.2. The first kappa shape index (κ1) is 63.5. The first-order valence-corrected chi connectivity index (χ1v) is 28.8. The molecule has 0 bridgehead atoms. The van der Waals surface area contributed by atoms with E-state index < -0.39 is 13.9 Å². The molecule has 0 N–H and O–H groups in total. The van der Waals surface area contributed by atoms with Gasteiger partial charge in [0.2, 0.25) is 0 Å². The number of phosphoric ester groups is 1. The van der Waals surface area contributed by atoms with Gasteiger partial charge in [-0.1, -0.05) is 210 Å². The molecule has 382 valence electrons. The number of hydrogen-bond donors (Lipinski definition) is 0. The van der Waals surface area contributed by atoms with E-state index in [0.717, 1.165) is 44.9 Å². The summed E-state index contributed by atoms with van der Waals surface area (Å²) in [7, 11) is 1.35. The minimum atomic E-state index is -4.53. The number of likely N-dealkylation sites (N-methyl/N-ethyl adjacent to an activating group) is 1. The molecule has 0 spiro atoms. The third kappa shape index (κ3) is 53.3. The molecule has 0 aliphatic rings. The number of carbonyl (C=O) groups excluding carboxylic acids is 1. The van der Waals surface area contributed by atoms with E-state index in [2.05, 4.69) is 62.5 Å². The van der Waals surface area contributed by atoms with E-state index in [1.54, 1.807) is 0 Å². The van der Waals surface area contributed by atoms with Gasteiger partial charge < -0.3 is 27.9 Å². The third-order valence-corrected chi connectivity index (χ3v) is 12.8. The third-order valence-electron chi connectivity index (χ3n) is 11.9. The molecule has 9 heteroatoms. The van der Waals surface area contributed by atoms with Crippen LogP contribution in [0.3, 0.4) is 0 Å². The molecule has 0 amide bonds. The topological polar surface area (TPSA) is 94.1 Å². The summed E-state index contributed by atoms with van der Waals surface area (Å²) in [5.74, 6) is -0.338. The van der Waals surface area contributed by atoms with Crippen LogP contribution in [0.4, 0.5) is 0 Å². The number of unbranched alkanes of at least 4 members (excludes halogenated alkanes) is 29. The van der Waals surface area contributed by atoms with Crippen LogP contribution < -0.4 is 4.89 Å². The van der Waals surface area contributed by atoms with Gasteiger partial charge in [0.1, 0.15) is 19.3 Å². The highest BCUT2D eigenvalue weighted by molar-refractivity contribution is 7.45. The Bertz CT molecular complexity index is 1180. The Kier molecular flexibility index (Phi) is 47.7. The van der Waals surface area contributed by atoms with Gasteiger partial charge in [-0.15, -0.1) is 0 Å². The van der Waals surface area contributed by atoms with Crippen LogP contribution in [0.2, 0.25) is 0 Å². The summed E-state index contributed by atoms with van der Waals surface area (Å²) in [6.07, 6.45) is 61.4. The molecular formula is C56H106NO7P. The van der Waals surface area contributed by atoms with E-state index in [-0.39, 0.29) is 25.8 Å². The molecule has 0 heterocycles. The predicted octanol–water partition coefficient (Wildman–Crippen LogP) is 16.4. The molecule has 0 radical (unpaired) electrons. The van der Waals surface area contributed by atoms with Crippen molar-refractivity contribution in [1.29, 1.82) is 0 Å². The molecule has 8 nitrogen and oxygen atoms in total. The molecule has 0 saturated heterocycles. The number of hydrogen-bond acceptors (Lipinski definition) is 7. The zero-order valence-electron chi connectivity index (χ0n) is 43.4. The van der Waals surface area contributed by atoms with Gasteiger partial charge >= 0.3 is 5.97 Å². The molecule has 0 aromatic carbocycles. The Morgan fingerprint density at radius 3 is 1.28 bits per heavy atom. The van der Waals surface area contributed by atoms with Crippen LogP contribution in [-0.4, -0.2) is 70.7 Å². The van der Waals surface area contributed by atoms with Crippen molar-refractivity contribution in [3.05, 3.63) is 48.6 Å². The molecule has 0 fully saturated rings. The van der Waals surface area contributed by atoms with Gasteiger partial charge in [0.15, 0.2) is 0 Å². The van der Waals surface area contributed by atoms with Crippen molar-refractivity contribution in [2.45, 2.75) is 251 Å². The number of esters is 1. The maximum absolute atomic E-state index is 12.8. The number of rotatable bonds is 51. The zero-order chi connectivity index (χ0) is 47.6. The van der Waals surface area contributed by atoms with Crippen molar-refractivity contribution in [3.63, 3.8) is 0 Å². The van der Waals surface area contributed by atoms with E-state index >= 15 is 0 Å². The molecule has 65 heavy (non-hydrogen) atoms. The standard InChI is InChI=1S/C56H106NO7P/c1-6-8-10-12-14-16-18-20-22-24-25-26-27-28-29-30-31-32-34-36-38-40-42-44-46-48-51-61-53-55(54-63-65(59,60)62-52-50-57(3,4)5)64-56(58)49-47-45-43-41-39-37-35-33-23-21-19-17-15-13-11-9-7-2/h18,20-21,23-25,27-28,55H,6-17,19,22,26,29-54H2,1-5H3/b20-18-,23-21-,25-24-,28-27-. The lowest BCUT2D eigenvalue weighted by molar-refractivity contribution is -0.870. The van der Waals surface area contributed by atoms with Crippen molar-refractivity contribution in [2.75, 3.05) is 54.1 Å². The van der Waals surface area contributed by atoms with E-state index in [9.17, 15) is 14.3 Å². The summed E-state index contributed by atoms with van der Waals surface area (Å²) in [4.78, 5) is 25.2. The van der Waals surface area contributed by atoms with E-state index in [1.807, 2.05) is 21.1 Å². The SMILES string of the molecule is CCCCCCC/C=C\C/C=C\C/C=C\CCCCCCCCCCCCCOCC(COP(=O)([O-])OCC[N+](C)(C)C)OC(=O)CCCCCCCCC/C=C\CCCCCCCC. The lowest BCUT2D eigenvalue weighted by atomic mass is 10.1. The van der Waals surface area contributed by atoms with Crippen molar-refractivity contribution in [3.8, 4) is 0 Å². The molecule has 0 aromatic rings. The number of carbonyl (C=O) groups is 1. The number of quaternary nitrogens is 1. The van der Waals surface area contributed by atoms with Crippen molar-refractivity contribution >= 4 is 13.8 Å². The van der Waals surface area contributed by atoms with Crippen LogP contribution in [0, 0.1) is 0 Å². The van der Waals surface area contributed by atoms with Gasteiger partial charge in [-0.05, 0) is 77.0 Å². The first-order chi connectivity index (χ1) is 31.6. The van der Waals surface area contributed by atoms with Crippen molar-refractivity contribution < 1.29 is 37.3 Å². The number of ether oxygens (including phenoxy) is 2. The molecule has 2 atom stereocenters. The Balaban J connectivity index is 4.09. The van der Waals surface area contributed by atoms with E-state index in [1.165, 1.54) is 180 Å². The Morgan fingerprint density at radius 2 is 0.846 bits per heavy atom. The average Bonchev–Trinajstić information content (AvgIpc) is 3.27. The summed E-state index contributed by atoms with van der Waals surface area (Å²) < 4.78 is 34.8. The van der Waals surface area contributed by atoms with Crippen LogP contribution in [0.1, 0.15) is 245 Å². The zero-order valence-corrected chi connectivity index (χ0v) is 44.3. The highest BCUT2D eigenvalue weighted by Gasteiger charge is 2.20. The van der Waals surface area contributed by atoms with Crippen molar-refractivity contribution in [2.24, 2.45) is 0 Å². The fourth-order valence-corrected chi connectivity index (χ4v) is 8.34. The minimum absolute atomic E-state index is 0.0242. The first-order valence-electron chi connectivity index (χ1n) is 27.4. The van der Waals surface area contributed by atoms with Gasteiger partial charge in [-0.2, -0.15) is 0 Å². The normalized spacial score (nSPS) is 13.9. The Morgan fingerprint density at radius 1 is 0.477 bits per heavy atom. The second-order valence-corrected chi connectivity index (χ2v) is 21.0. The van der Waals surface area contributed by atoms with Crippen LogP contribution >= 0.6 is 7.82 Å². The van der Waals surface area contributed by atoms with Gasteiger partial charge in [0.05, 0.1) is 34.4 Å². The van der Waals surface area contributed by atoms with Crippen LogP contribution in [-0.2, 0) is 27.9 Å². The average molecular weight is 936 g/mol. The van der Waals surface area contributed by atoms with Crippen molar-refractivity contribution in [1.82, 2.24) is 0 Å². The summed E-state index contributed by atoms with van der Waals surface area (Å²) in [6.45, 7) is 5.41. The molecule has 0 aliphatic heterocycles. The maximum Gasteiger partial charge on any atom is 0.306 e. The quantitative estimate of drug-likeness (QED) is 0.0197. The molecule has 0 aliphatic carbocycles. The van der Waals surface area contributed by atoms with E-state index in [0.29, 0.717) is 24.1 Å². The largest absolute Gasteiger partial charge is 0.756 e. The van der Waals surface area contributed by atoms with Gasteiger partial charge in [-0.25, -0.2) is 0 Å². The smallest absolute Gasteiger partial charge is 0.306 e. The fourth-order valence-electron chi connectivity index (χ4n) is 7.61. The molecular weight excluding hydrogens is 830 g/mol. The van der Waals surface area contributed by atoms with Gasteiger partial charge in [0, 0.05) is 13.0 Å². The minimum Gasteiger partial charge on any atom is -0.756 e. The summed E-state index contributed by atoms with van der Waals surface area (Å²) in [5.41, 5.74) is 0. The van der Waals surface area contributed by atoms with Gasteiger partial charge in [-0.3, -0.25) is 9.36 Å². The van der Waals surface area contributed by atoms with Crippen LogP contribution in [0.5, 0.6) is 0 Å². The lowest BCUT2D eigenvalue weighted by Gasteiger charge is -2.28. The number of allylic oxidation sites excluding steroid dienone is 8. The number of phosphoric acid groups is 1. The summed E-state index contributed by atoms with van der Waals surface area (Å²) in [6, 6.07) is 0. The predicted molar refractivity (Wildman–Crippen MR) is 277 cm³/mol. The lowest BCUT2D eigenvalue weighted by Crippen LogP contribution is -2.37. The van der Waals surface area contributed by atoms with E-state index in [4.69, 9.17) is 18.5 Å². The maximum atomic E-state index is 12.8. The fraction of sp³-hybridized carbons (Fsp3) is 0.839. The molecule has 0 rings (SSSR count). The second kappa shape index (κ2) is 48.9. The van der Waals surface area contributed by atoms with Gasteiger partial charge in [0.25, 0.3) is 7.82 Å². The monoisotopic (exact) mass is 936 g/mol. The molecule has 2 unspecified atom stereocenters. The van der Waals surface area contributed by atoms with Crippen LogP contribution in [0.15, 0.2) is 48.6 Å². The number of nitrogens with zero attached hydrogens (tertiary/aromatic N) is 1. The van der Waals surface area contributed by atoms with Crippen LogP contribution in [0.25, 0.3) is 0 Å². The Labute approximate surface area is 403 Å².